The van der Waals surface area contributed by atoms with Gasteiger partial charge in [0.2, 0.25) is 0 Å². The highest BCUT2D eigenvalue weighted by Crippen LogP contribution is 2.43. The lowest BCUT2D eigenvalue weighted by atomic mass is 9.94. The van der Waals surface area contributed by atoms with Crippen molar-refractivity contribution in [2.45, 2.75) is 18.3 Å². The van der Waals surface area contributed by atoms with Gasteiger partial charge in [-0.25, -0.2) is 0 Å². The van der Waals surface area contributed by atoms with Gasteiger partial charge in [0.1, 0.15) is 0 Å². The van der Waals surface area contributed by atoms with Crippen LogP contribution in [0.3, 0.4) is 0 Å². The predicted molar refractivity (Wildman–Crippen MR) is 56.5 cm³/mol. The maximum absolute atomic E-state index is 12.8. The van der Waals surface area contributed by atoms with E-state index in [2.05, 4.69) is 0 Å². The molecule has 0 spiro atoms. The number of alkyl halides is 6. The summed E-state index contributed by atoms with van der Waals surface area (Å²) in [5, 5.41) is 0. The summed E-state index contributed by atoms with van der Waals surface area (Å²) in [4.78, 5) is 0. The molecular weight excluding hydrogens is 278 g/mol. The lowest BCUT2D eigenvalue weighted by molar-refractivity contribution is -0.143. The molecule has 0 radical (unpaired) electrons. The molecule has 1 heterocycles. The zero-order valence-electron chi connectivity index (χ0n) is 8.90. The first-order chi connectivity index (χ1) is 8.19. The van der Waals surface area contributed by atoms with E-state index in [4.69, 9.17) is 0 Å². The van der Waals surface area contributed by atoms with Crippen LogP contribution in [0.4, 0.5) is 26.3 Å². The molecule has 0 unspecified atom stereocenters. The molecule has 1 fully saturated rings. The maximum atomic E-state index is 12.8. The van der Waals surface area contributed by atoms with E-state index in [0.717, 1.165) is 6.07 Å². The van der Waals surface area contributed by atoms with Gasteiger partial charge in [-0.2, -0.15) is 38.1 Å². The Bertz CT molecular complexity index is 444. The zero-order chi connectivity index (χ0) is 13.6. The van der Waals surface area contributed by atoms with Crippen LogP contribution >= 0.6 is 11.8 Å². The van der Waals surface area contributed by atoms with Gasteiger partial charge in [-0.3, -0.25) is 0 Å². The third-order valence-electron chi connectivity index (χ3n) is 2.76. The Morgan fingerprint density at radius 2 is 1.56 bits per heavy atom. The first-order valence-electron chi connectivity index (χ1n) is 5.05. The molecule has 0 amide bonds. The fourth-order valence-electron chi connectivity index (χ4n) is 1.75. The minimum atomic E-state index is -4.76. The van der Waals surface area contributed by atoms with Gasteiger partial charge in [0.05, 0.1) is 11.1 Å². The second-order valence-corrected chi connectivity index (χ2v) is 5.11. The summed E-state index contributed by atoms with van der Waals surface area (Å²) in [6.07, 6.45) is -9.51. The average molecular weight is 286 g/mol. The second kappa shape index (κ2) is 4.36. The molecule has 0 saturated carbocycles. The standard InChI is InChI=1S/C11H8F6S/c12-10(13,14)7-1-2-8(6-4-18-5-6)9(3-7)11(15,16)17/h1-3,6H,4-5H2. The van der Waals surface area contributed by atoms with E-state index in [1.807, 2.05) is 0 Å². The highest BCUT2D eigenvalue weighted by Gasteiger charge is 2.40. The molecule has 18 heavy (non-hydrogen) atoms. The van der Waals surface area contributed by atoms with E-state index in [-0.39, 0.29) is 17.5 Å². The Balaban J connectivity index is 2.48. The minimum Gasteiger partial charge on any atom is -0.166 e. The smallest absolute Gasteiger partial charge is 0.166 e. The first-order valence-corrected chi connectivity index (χ1v) is 6.21. The molecule has 0 nitrogen and oxygen atoms in total. The molecule has 0 aromatic heterocycles. The molecular formula is C11H8F6S. The molecule has 100 valence electrons. The van der Waals surface area contributed by atoms with Crippen molar-refractivity contribution in [1.82, 2.24) is 0 Å². The molecule has 1 aromatic rings. The van der Waals surface area contributed by atoms with E-state index in [0.29, 0.717) is 17.6 Å². The lowest BCUT2D eigenvalue weighted by Gasteiger charge is -2.28. The van der Waals surface area contributed by atoms with Crippen LogP contribution in [0.1, 0.15) is 22.6 Å². The van der Waals surface area contributed by atoms with Crippen molar-refractivity contribution in [2.24, 2.45) is 0 Å². The third-order valence-corrected chi connectivity index (χ3v) is 4.04. The predicted octanol–water partition coefficient (Wildman–Crippen LogP) is 4.55. The van der Waals surface area contributed by atoms with Gasteiger partial charge in [-0.1, -0.05) is 6.07 Å². The van der Waals surface area contributed by atoms with Crippen molar-refractivity contribution >= 4 is 11.8 Å². The van der Waals surface area contributed by atoms with Crippen molar-refractivity contribution in [2.75, 3.05) is 11.5 Å². The Kier molecular flexibility index (Phi) is 3.29. The molecule has 0 aliphatic carbocycles. The lowest BCUT2D eigenvalue weighted by Crippen LogP contribution is -2.21. The van der Waals surface area contributed by atoms with Gasteiger partial charge >= 0.3 is 12.4 Å². The zero-order valence-corrected chi connectivity index (χ0v) is 9.72. The molecule has 1 saturated heterocycles. The van der Waals surface area contributed by atoms with Gasteiger partial charge in [0.15, 0.2) is 0 Å². The molecule has 1 aromatic carbocycles. The molecule has 0 atom stereocenters. The van der Waals surface area contributed by atoms with Crippen LogP contribution in [0.5, 0.6) is 0 Å². The molecule has 0 bridgehead atoms. The summed E-state index contributed by atoms with van der Waals surface area (Å²) in [6.45, 7) is 0. The number of thioether (sulfide) groups is 1. The van der Waals surface area contributed by atoms with Gasteiger partial charge < -0.3 is 0 Å². The van der Waals surface area contributed by atoms with Crippen molar-refractivity contribution < 1.29 is 26.3 Å². The van der Waals surface area contributed by atoms with Gasteiger partial charge in [-0.05, 0) is 17.7 Å². The van der Waals surface area contributed by atoms with Crippen molar-refractivity contribution in [3.05, 3.63) is 34.9 Å². The minimum absolute atomic E-state index is 0.0331. The number of hydrogen-bond donors (Lipinski definition) is 0. The van der Waals surface area contributed by atoms with Crippen LogP contribution < -0.4 is 0 Å². The van der Waals surface area contributed by atoms with Gasteiger partial charge in [0.25, 0.3) is 0 Å². The second-order valence-electron chi connectivity index (χ2n) is 4.03. The Morgan fingerprint density at radius 3 is 1.94 bits per heavy atom. The van der Waals surface area contributed by atoms with Crippen molar-refractivity contribution in [3.63, 3.8) is 0 Å². The summed E-state index contributed by atoms with van der Waals surface area (Å²) in [6, 6.07) is 1.88. The fourth-order valence-corrected chi connectivity index (χ4v) is 2.58. The van der Waals surface area contributed by atoms with E-state index < -0.39 is 23.5 Å². The largest absolute Gasteiger partial charge is 0.416 e. The maximum Gasteiger partial charge on any atom is 0.416 e. The average Bonchev–Trinajstić information content (AvgIpc) is 2.11. The quantitative estimate of drug-likeness (QED) is 0.682. The van der Waals surface area contributed by atoms with Crippen LogP contribution in [0.25, 0.3) is 0 Å². The molecule has 7 heteroatoms. The number of halogens is 6. The van der Waals surface area contributed by atoms with Crippen LogP contribution in [-0.2, 0) is 12.4 Å². The highest BCUT2D eigenvalue weighted by molar-refractivity contribution is 8.00. The third kappa shape index (κ3) is 2.60. The monoisotopic (exact) mass is 286 g/mol. The van der Waals surface area contributed by atoms with Crippen LogP contribution in [0.15, 0.2) is 18.2 Å². The van der Waals surface area contributed by atoms with Crippen molar-refractivity contribution in [3.8, 4) is 0 Å². The summed E-state index contributed by atoms with van der Waals surface area (Å²) >= 11 is 1.48. The van der Waals surface area contributed by atoms with Crippen molar-refractivity contribution in [1.29, 1.82) is 0 Å². The van der Waals surface area contributed by atoms with Crippen LogP contribution in [0.2, 0.25) is 0 Å². The number of rotatable bonds is 1. The van der Waals surface area contributed by atoms with Crippen LogP contribution in [-0.4, -0.2) is 11.5 Å². The first kappa shape index (κ1) is 13.6. The highest BCUT2D eigenvalue weighted by atomic mass is 32.2. The summed E-state index contributed by atoms with van der Waals surface area (Å²) in [7, 11) is 0. The number of hydrogen-bond acceptors (Lipinski definition) is 1. The van der Waals surface area contributed by atoms with E-state index >= 15 is 0 Å². The molecule has 2 rings (SSSR count). The molecule has 0 N–H and O–H groups in total. The molecule has 1 aliphatic heterocycles. The topological polar surface area (TPSA) is 0 Å². The molecule has 1 aliphatic rings. The van der Waals surface area contributed by atoms with Crippen LogP contribution in [0, 0.1) is 0 Å². The Hall–Kier alpha value is -0.850. The van der Waals surface area contributed by atoms with E-state index in [9.17, 15) is 26.3 Å². The normalized spacial score (nSPS) is 17.7. The SMILES string of the molecule is FC(F)(F)c1ccc(C2CSC2)c(C(F)(F)F)c1. The van der Waals surface area contributed by atoms with E-state index in [1.165, 1.54) is 11.8 Å². The van der Waals surface area contributed by atoms with Gasteiger partial charge in [0, 0.05) is 17.4 Å². The fraction of sp³-hybridized carbons (Fsp3) is 0.455. The summed E-state index contributed by atoms with van der Waals surface area (Å²) < 4.78 is 75.5. The Morgan fingerprint density at radius 1 is 0.944 bits per heavy atom. The summed E-state index contributed by atoms with van der Waals surface area (Å²) in [5.74, 6) is 0.747. The van der Waals surface area contributed by atoms with Gasteiger partial charge in [-0.15, -0.1) is 0 Å². The number of benzene rings is 1. The van der Waals surface area contributed by atoms with E-state index in [1.54, 1.807) is 0 Å². The Labute approximate surface area is 103 Å². The summed E-state index contributed by atoms with van der Waals surface area (Å²) in [5.41, 5.74) is -2.46.